The van der Waals surface area contributed by atoms with Crippen molar-refractivity contribution in [1.29, 1.82) is 0 Å². The van der Waals surface area contributed by atoms with Crippen LogP contribution in [-0.2, 0) is 0 Å². The number of pyridine rings is 1. The van der Waals surface area contributed by atoms with Crippen molar-refractivity contribution in [3.63, 3.8) is 0 Å². The molecular weight excluding hydrogens is 312 g/mol. The van der Waals surface area contributed by atoms with Crippen molar-refractivity contribution in [3.8, 4) is 11.5 Å². The lowest BCUT2D eigenvalue weighted by atomic mass is 10.1. The number of carboxylic acids is 1. The van der Waals surface area contributed by atoms with Crippen molar-refractivity contribution in [2.45, 2.75) is 0 Å². The van der Waals surface area contributed by atoms with Gasteiger partial charge >= 0.3 is 12.1 Å². The molecule has 0 fully saturated rings. The quantitative estimate of drug-likeness (QED) is 0.799. The van der Waals surface area contributed by atoms with E-state index < -0.39 is 12.1 Å². The molecule has 0 atom stereocenters. The Morgan fingerprint density at radius 2 is 1.92 bits per heavy atom. The molecule has 2 heterocycles. The highest BCUT2D eigenvalue weighted by Gasteiger charge is 2.22. The molecule has 3 rings (SSSR count). The number of hydrogen-bond acceptors (Lipinski definition) is 4. The molecule has 2 aromatic heterocycles. The maximum absolute atomic E-state index is 11.8. The number of aromatic nitrogens is 1. The summed E-state index contributed by atoms with van der Waals surface area (Å²) < 4.78 is 12.3. The molecule has 1 N–H and O–H groups in total. The smallest absolute Gasteiger partial charge is 0.414 e. The van der Waals surface area contributed by atoms with Crippen LogP contribution in [0, 0.1) is 0 Å². The lowest BCUT2D eigenvalue weighted by Crippen LogP contribution is -2.25. The van der Waals surface area contributed by atoms with Crippen LogP contribution < -0.4 is 9.47 Å². The van der Waals surface area contributed by atoms with Crippen LogP contribution in [-0.4, -0.2) is 47.7 Å². The number of benzene rings is 1. The number of amides is 1. The Morgan fingerprint density at radius 3 is 2.54 bits per heavy atom. The second-order valence-electron chi connectivity index (χ2n) is 5.42. The zero-order chi connectivity index (χ0) is 17.4. The average Bonchev–Trinajstić information content (AvgIpc) is 2.88. The number of nitrogens with zero attached hydrogens (tertiary/aromatic N) is 2. The van der Waals surface area contributed by atoms with Crippen LogP contribution in [0.4, 0.5) is 4.79 Å². The third-order valence-electron chi connectivity index (χ3n) is 3.68. The number of aromatic carboxylic acids is 1. The highest BCUT2D eigenvalue weighted by molar-refractivity contribution is 6.12. The molecule has 124 valence electrons. The molecule has 0 spiro atoms. The summed E-state index contributed by atoms with van der Waals surface area (Å²) in [6.45, 7) is 0. The summed E-state index contributed by atoms with van der Waals surface area (Å²) in [6, 6.07) is 8.61. The molecule has 0 aliphatic carbocycles. The number of ether oxygens (including phenoxy) is 2. The van der Waals surface area contributed by atoms with Gasteiger partial charge in [0.15, 0.2) is 5.75 Å². The van der Waals surface area contributed by atoms with E-state index in [1.807, 2.05) is 6.07 Å². The van der Waals surface area contributed by atoms with Crippen molar-refractivity contribution < 1.29 is 24.2 Å². The Balaban J connectivity index is 2.34. The predicted octanol–water partition coefficient (Wildman–Crippen LogP) is 2.86. The first-order valence-electron chi connectivity index (χ1n) is 7.17. The Kier molecular flexibility index (Phi) is 3.76. The second kappa shape index (κ2) is 5.77. The standard InChI is InChI=1S/C17H16N2O5/c1-18(2)17(22)24-10-8-13(23-3)15-14(16(20)21)11-6-4-5-7-12(11)19(15)9-10/h4-9H,1-3H3,(H,20,21). The molecule has 0 radical (unpaired) electrons. The molecule has 0 aliphatic rings. The highest BCUT2D eigenvalue weighted by Crippen LogP contribution is 2.35. The minimum Gasteiger partial charge on any atom is -0.494 e. The van der Waals surface area contributed by atoms with Crippen LogP contribution >= 0.6 is 0 Å². The van der Waals surface area contributed by atoms with Crippen LogP contribution in [0.1, 0.15) is 10.4 Å². The first-order chi connectivity index (χ1) is 11.4. The molecule has 7 nitrogen and oxygen atoms in total. The number of fused-ring (bicyclic) bond motifs is 3. The SMILES string of the molecule is COc1cc(OC(=O)N(C)C)cn2c1c(C(=O)O)c1ccccc12. The Hall–Kier alpha value is -3.22. The molecule has 0 unspecified atom stereocenters. The van der Waals surface area contributed by atoms with Gasteiger partial charge in [-0.3, -0.25) is 0 Å². The van der Waals surface area contributed by atoms with Crippen molar-refractivity contribution in [3.05, 3.63) is 42.1 Å². The van der Waals surface area contributed by atoms with Gasteiger partial charge in [0.25, 0.3) is 0 Å². The van der Waals surface area contributed by atoms with Gasteiger partial charge < -0.3 is 23.9 Å². The fourth-order valence-electron chi connectivity index (χ4n) is 2.62. The zero-order valence-electron chi connectivity index (χ0n) is 13.4. The highest BCUT2D eigenvalue weighted by atomic mass is 16.6. The summed E-state index contributed by atoms with van der Waals surface area (Å²) >= 11 is 0. The van der Waals surface area contributed by atoms with E-state index in [1.165, 1.54) is 18.1 Å². The van der Waals surface area contributed by atoms with Gasteiger partial charge in [0.1, 0.15) is 11.3 Å². The second-order valence-corrected chi connectivity index (χ2v) is 5.42. The monoisotopic (exact) mass is 328 g/mol. The fourth-order valence-corrected chi connectivity index (χ4v) is 2.62. The normalized spacial score (nSPS) is 10.8. The number of methoxy groups -OCH3 is 1. The summed E-state index contributed by atoms with van der Waals surface area (Å²) in [5, 5.41) is 10.2. The van der Waals surface area contributed by atoms with Gasteiger partial charge in [0.05, 0.1) is 24.4 Å². The Bertz CT molecular complexity index is 958. The lowest BCUT2D eigenvalue weighted by Gasteiger charge is -2.13. The third kappa shape index (κ3) is 2.40. The van der Waals surface area contributed by atoms with Gasteiger partial charge in [0, 0.05) is 25.5 Å². The molecular formula is C17H16N2O5. The number of carboxylic acid groups (broad SMARTS) is 1. The van der Waals surface area contributed by atoms with Crippen LogP contribution in [0.25, 0.3) is 16.4 Å². The number of para-hydroxylation sites is 1. The molecule has 0 bridgehead atoms. The van der Waals surface area contributed by atoms with Gasteiger partial charge in [0.2, 0.25) is 0 Å². The summed E-state index contributed by atoms with van der Waals surface area (Å²) in [7, 11) is 4.59. The molecule has 24 heavy (non-hydrogen) atoms. The third-order valence-corrected chi connectivity index (χ3v) is 3.68. The van der Waals surface area contributed by atoms with E-state index in [0.717, 1.165) is 0 Å². The summed E-state index contributed by atoms with van der Waals surface area (Å²) in [6.07, 6.45) is 1.04. The van der Waals surface area contributed by atoms with Gasteiger partial charge in [-0.2, -0.15) is 0 Å². The van der Waals surface area contributed by atoms with Crippen molar-refractivity contribution in [2.75, 3.05) is 21.2 Å². The molecule has 1 aromatic carbocycles. The number of carbonyl (C=O) groups is 2. The minimum absolute atomic E-state index is 0.146. The van der Waals surface area contributed by atoms with Gasteiger partial charge in [-0.25, -0.2) is 9.59 Å². The van der Waals surface area contributed by atoms with Crippen LogP contribution in [0.2, 0.25) is 0 Å². The topological polar surface area (TPSA) is 80.5 Å². The summed E-state index contributed by atoms with van der Waals surface area (Å²) in [4.78, 5) is 24.8. The molecule has 0 aliphatic heterocycles. The summed E-state index contributed by atoms with van der Waals surface area (Å²) in [5.74, 6) is -0.478. The van der Waals surface area contributed by atoms with E-state index in [2.05, 4.69) is 0 Å². The van der Waals surface area contributed by atoms with Crippen LogP contribution in [0.5, 0.6) is 11.5 Å². The molecule has 0 saturated heterocycles. The van der Waals surface area contributed by atoms with Crippen molar-refractivity contribution in [2.24, 2.45) is 0 Å². The van der Waals surface area contributed by atoms with Crippen LogP contribution in [0.15, 0.2) is 36.5 Å². The van der Waals surface area contributed by atoms with E-state index >= 15 is 0 Å². The first kappa shape index (κ1) is 15.7. The van der Waals surface area contributed by atoms with E-state index in [0.29, 0.717) is 22.2 Å². The van der Waals surface area contributed by atoms with E-state index in [1.54, 1.807) is 42.9 Å². The molecule has 7 heteroatoms. The Labute approximate surface area is 137 Å². The van der Waals surface area contributed by atoms with E-state index in [9.17, 15) is 14.7 Å². The Morgan fingerprint density at radius 1 is 1.21 bits per heavy atom. The van der Waals surface area contributed by atoms with Crippen molar-refractivity contribution >= 4 is 28.5 Å². The first-order valence-corrected chi connectivity index (χ1v) is 7.17. The van der Waals surface area contributed by atoms with E-state index in [-0.39, 0.29) is 11.3 Å². The molecule has 1 amide bonds. The fraction of sp³-hybridized carbons (Fsp3) is 0.176. The summed E-state index contributed by atoms with van der Waals surface area (Å²) in [5.41, 5.74) is 1.25. The number of hydrogen-bond donors (Lipinski definition) is 1. The largest absolute Gasteiger partial charge is 0.494 e. The van der Waals surface area contributed by atoms with Gasteiger partial charge in [-0.05, 0) is 6.07 Å². The van der Waals surface area contributed by atoms with E-state index in [4.69, 9.17) is 9.47 Å². The van der Waals surface area contributed by atoms with Gasteiger partial charge in [-0.15, -0.1) is 0 Å². The lowest BCUT2D eigenvalue weighted by molar-refractivity contribution is 0.0700. The molecule has 0 saturated carbocycles. The van der Waals surface area contributed by atoms with Crippen LogP contribution in [0.3, 0.4) is 0 Å². The number of carbonyl (C=O) groups excluding carboxylic acids is 1. The van der Waals surface area contributed by atoms with Crippen molar-refractivity contribution in [1.82, 2.24) is 9.30 Å². The van der Waals surface area contributed by atoms with Gasteiger partial charge in [-0.1, -0.05) is 18.2 Å². The average molecular weight is 328 g/mol. The maximum atomic E-state index is 11.8. The predicted molar refractivity (Wildman–Crippen MR) is 88.1 cm³/mol. The molecule has 3 aromatic rings. The minimum atomic E-state index is -1.05. The number of rotatable bonds is 3. The maximum Gasteiger partial charge on any atom is 0.414 e. The zero-order valence-corrected chi connectivity index (χ0v) is 13.4.